The number of nitrogens with zero attached hydrogens (tertiary/aromatic N) is 2. The SMILES string of the molecule is CC(=NNC(=O)c1ccc(C(C)C)cc1)c1ccccn1. The summed E-state index contributed by atoms with van der Waals surface area (Å²) in [4.78, 5) is 16.2. The van der Waals surface area contributed by atoms with Crippen LogP contribution in [0.1, 0.15) is 48.3 Å². The van der Waals surface area contributed by atoms with Gasteiger partial charge in [0.15, 0.2) is 0 Å². The number of rotatable bonds is 4. The number of hydrogen-bond donors (Lipinski definition) is 1. The second-order valence-electron chi connectivity index (χ2n) is 5.13. The lowest BCUT2D eigenvalue weighted by atomic mass is 10.0. The minimum absolute atomic E-state index is 0.222. The first-order chi connectivity index (χ1) is 10.1. The standard InChI is InChI=1S/C17H19N3O/c1-12(2)14-7-9-15(10-8-14)17(21)20-19-13(3)16-6-4-5-11-18-16/h4-12H,1-3H3,(H,20,21). The Balaban J connectivity index is 2.04. The van der Waals surface area contributed by atoms with Gasteiger partial charge in [0.1, 0.15) is 0 Å². The van der Waals surface area contributed by atoms with Crippen molar-refractivity contribution >= 4 is 11.6 Å². The number of carbonyl (C=O) groups is 1. The van der Waals surface area contributed by atoms with Gasteiger partial charge in [-0.2, -0.15) is 5.10 Å². The molecular formula is C17H19N3O. The summed E-state index contributed by atoms with van der Waals surface area (Å²) in [5, 5.41) is 4.08. The highest BCUT2D eigenvalue weighted by atomic mass is 16.2. The van der Waals surface area contributed by atoms with E-state index in [0.29, 0.717) is 17.2 Å². The molecule has 1 aromatic heterocycles. The maximum atomic E-state index is 12.0. The summed E-state index contributed by atoms with van der Waals surface area (Å²) in [6.45, 7) is 6.05. The smallest absolute Gasteiger partial charge is 0.267 e. The van der Waals surface area contributed by atoms with Gasteiger partial charge >= 0.3 is 0 Å². The molecule has 1 N–H and O–H groups in total. The third kappa shape index (κ3) is 3.99. The Kier molecular flexibility index (Phi) is 4.82. The van der Waals surface area contributed by atoms with E-state index in [2.05, 4.69) is 29.4 Å². The summed E-state index contributed by atoms with van der Waals surface area (Å²) in [7, 11) is 0. The monoisotopic (exact) mass is 281 g/mol. The van der Waals surface area contributed by atoms with Crippen LogP contribution in [0.15, 0.2) is 53.8 Å². The molecular weight excluding hydrogens is 262 g/mol. The third-order valence-corrected chi connectivity index (χ3v) is 3.20. The molecule has 0 aliphatic carbocycles. The molecule has 0 bridgehead atoms. The summed E-state index contributed by atoms with van der Waals surface area (Å²) in [6, 6.07) is 13.1. The van der Waals surface area contributed by atoms with Gasteiger partial charge in [-0.15, -0.1) is 0 Å². The molecule has 4 nitrogen and oxygen atoms in total. The van der Waals surface area contributed by atoms with E-state index in [0.717, 1.165) is 5.69 Å². The highest BCUT2D eigenvalue weighted by molar-refractivity contribution is 5.99. The van der Waals surface area contributed by atoms with Crippen molar-refractivity contribution in [3.63, 3.8) is 0 Å². The van der Waals surface area contributed by atoms with Gasteiger partial charge in [-0.3, -0.25) is 9.78 Å². The zero-order chi connectivity index (χ0) is 15.2. The number of carbonyl (C=O) groups excluding carboxylic acids is 1. The van der Waals surface area contributed by atoms with Crippen LogP contribution >= 0.6 is 0 Å². The maximum Gasteiger partial charge on any atom is 0.271 e. The van der Waals surface area contributed by atoms with Crippen LogP contribution in [0.5, 0.6) is 0 Å². The van der Waals surface area contributed by atoms with Crippen molar-refractivity contribution in [2.24, 2.45) is 5.10 Å². The zero-order valence-electron chi connectivity index (χ0n) is 12.5. The van der Waals surface area contributed by atoms with E-state index in [1.54, 1.807) is 6.20 Å². The highest BCUT2D eigenvalue weighted by Crippen LogP contribution is 2.14. The highest BCUT2D eigenvalue weighted by Gasteiger charge is 2.06. The fourth-order valence-corrected chi connectivity index (χ4v) is 1.85. The summed E-state index contributed by atoms with van der Waals surface area (Å²) >= 11 is 0. The molecule has 1 heterocycles. The molecule has 0 unspecified atom stereocenters. The van der Waals surface area contributed by atoms with Gasteiger partial charge in [0.2, 0.25) is 0 Å². The maximum absolute atomic E-state index is 12.0. The van der Waals surface area contributed by atoms with Gasteiger partial charge in [-0.1, -0.05) is 32.0 Å². The van der Waals surface area contributed by atoms with E-state index in [4.69, 9.17) is 0 Å². The van der Waals surface area contributed by atoms with Crippen molar-refractivity contribution in [1.29, 1.82) is 0 Å². The molecule has 4 heteroatoms. The molecule has 0 radical (unpaired) electrons. The van der Waals surface area contributed by atoms with Crippen LogP contribution in [0.4, 0.5) is 0 Å². The van der Waals surface area contributed by atoms with Crippen molar-refractivity contribution in [1.82, 2.24) is 10.4 Å². The Morgan fingerprint density at radius 3 is 2.43 bits per heavy atom. The fourth-order valence-electron chi connectivity index (χ4n) is 1.85. The Morgan fingerprint density at radius 2 is 1.86 bits per heavy atom. The van der Waals surface area contributed by atoms with Crippen LogP contribution in [0.3, 0.4) is 0 Å². The number of aromatic nitrogens is 1. The summed E-state index contributed by atoms with van der Waals surface area (Å²) in [5.41, 5.74) is 5.77. The number of nitrogens with one attached hydrogen (secondary N) is 1. The van der Waals surface area contributed by atoms with Crippen molar-refractivity contribution in [2.75, 3.05) is 0 Å². The Hall–Kier alpha value is -2.49. The Bertz CT molecular complexity index is 631. The zero-order valence-corrected chi connectivity index (χ0v) is 12.5. The number of pyridine rings is 1. The molecule has 0 saturated heterocycles. The molecule has 108 valence electrons. The molecule has 0 atom stereocenters. The van der Waals surface area contributed by atoms with E-state index in [9.17, 15) is 4.79 Å². The lowest BCUT2D eigenvalue weighted by molar-refractivity contribution is 0.0955. The molecule has 2 aromatic rings. The van der Waals surface area contributed by atoms with E-state index in [1.807, 2.05) is 49.4 Å². The van der Waals surface area contributed by atoms with Crippen molar-refractivity contribution in [3.8, 4) is 0 Å². The first-order valence-electron chi connectivity index (χ1n) is 6.94. The predicted molar refractivity (Wildman–Crippen MR) is 84.4 cm³/mol. The lowest BCUT2D eigenvalue weighted by Gasteiger charge is -2.06. The minimum Gasteiger partial charge on any atom is -0.267 e. The van der Waals surface area contributed by atoms with Crippen LogP contribution < -0.4 is 5.43 Å². The average Bonchev–Trinajstić information content (AvgIpc) is 2.53. The summed E-state index contributed by atoms with van der Waals surface area (Å²) < 4.78 is 0. The van der Waals surface area contributed by atoms with Crippen molar-refractivity contribution in [3.05, 3.63) is 65.5 Å². The fraction of sp³-hybridized carbons (Fsp3) is 0.235. The first kappa shape index (κ1) is 14.9. The molecule has 1 amide bonds. The predicted octanol–water partition coefficient (Wildman–Crippen LogP) is 3.36. The normalized spacial score (nSPS) is 11.5. The van der Waals surface area contributed by atoms with E-state index in [-0.39, 0.29) is 5.91 Å². The molecule has 0 spiro atoms. The van der Waals surface area contributed by atoms with E-state index < -0.39 is 0 Å². The molecule has 0 fully saturated rings. The van der Waals surface area contributed by atoms with Gasteiger partial charge in [0.05, 0.1) is 11.4 Å². The number of hydrazone groups is 1. The van der Waals surface area contributed by atoms with Gasteiger partial charge in [0.25, 0.3) is 5.91 Å². The van der Waals surface area contributed by atoms with Crippen LogP contribution in [0.2, 0.25) is 0 Å². The van der Waals surface area contributed by atoms with Crippen molar-refractivity contribution in [2.45, 2.75) is 26.7 Å². The molecule has 0 saturated carbocycles. The third-order valence-electron chi connectivity index (χ3n) is 3.20. The summed E-state index contributed by atoms with van der Waals surface area (Å²) in [6.07, 6.45) is 1.70. The average molecular weight is 281 g/mol. The van der Waals surface area contributed by atoms with Gasteiger partial charge < -0.3 is 0 Å². The van der Waals surface area contributed by atoms with Crippen LogP contribution in [0.25, 0.3) is 0 Å². The van der Waals surface area contributed by atoms with E-state index >= 15 is 0 Å². The molecule has 21 heavy (non-hydrogen) atoms. The lowest BCUT2D eigenvalue weighted by Crippen LogP contribution is -2.19. The second-order valence-corrected chi connectivity index (χ2v) is 5.13. The second kappa shape index (κ2) is 6.79. The number of amides is 1. The first-order valence-corrected chi connectivity index (χ1v) is 6.94. The molecule has 0 aliphatic heterocycles. The quantitative estimate of drug-likeness (QED) is 0.690. The van der Waals surface area contributed by atoms with Crippen molar-refractivity contribution < 1.29 is 4.79 Å². The van der Waals surface area contributed by atoms with E-state index in [1.165, 1.54) is 5.56 Å². The molecule has 2 rings (SSSR count). The van der Waals surface area contributed by atoms with Gasteiger partial charge in [-0.05, 0) is 42.7 Å². The Morgan fingerprint density at radius 1 is 1.14 bits per heavy atom. The number of hydrogen-bond acceptors (Lipinski definition) is 3. The van der Waals surface area contributed by atoms with Gasteiger partial charge in [0, 0.05) is 11.8 Å². The van der Waals surface area contributed by atoms with Crippen LogP contribution in [-0.4, -0.2) is 16.6 Å². The molecule has 0 aliphatic rings. The summed E-state index contributed by atoms with van der Waals surface area (Å²) in [5.74, 6) is 0.229. The molecule has 1 aromatic carbocycles. The van der Waals surface area contributed by atoms with Crippen LogP contribution in [-0.2, 0) is 0 Å². The van der Waals surface area contributed by atoms with Crippen LogP contribution in [0, 0.1) is 0 Å². The Labute approximate surface area is 124 Å². The number of benzene rings is 1. The van der Waals surface area contributed by atoms with Gasteiger partial charge in [-0.25, -0.2) is 5.43 Å². The largest absolute Gasteiger partial charge is 0.271 e. The topological polar surface area (TPSA) is 54.4 Å². The minimum atomic E-state index is -0.222.